The second kappa shape index (κ2) is 6.21. The molecule has 0 saturated heterocycles. The molecule has 6 heteroatoms. The zero-order valence-corrected chi connectivity index (χ0v) is 10.8. The van der Waals surface area contributed by atoms with Gasteiger partial charge in [0.15, 0.2) is 0 Å². The quantitative estimate of drug-likeness (QED) is 0.468. The van der Waals surface area contributed by atoms with Gasteiger partial charge >= 0.3 is 0 Å². The molecule has 0 aromatic carbocycles. The number of hydrogen-bond acceptors (Lipinski definition) is 5. The Bertz CT molecular complexity index is 519. The first kappa shape index (κ1) is 13.4. The zero-order valence-electron chi connectivity index (χ0n) is 10.8. The van der Waals surface area contributed by atoms with Crippen LogP contribution in [0.2, 0.25) is 0 Å². The summed E-state index contributed by atoms with van der Waals surface area (Å²) >= 11 is 0. The van der Waals surface area contributed by atoms with Gasteiger partial charge in [-0.3, -0.25) is 15.1 Å². The van der Waals surface area contributed by atoms with Crippen molar-refractivity contribution in [2.75, 3.05) is 6.54 Å². The van der Waals surface area contributed by atoms with Crippen molar-refractivity contribution in [3.63, 3.8) is 0 Å². The molecule has 0 aliphatic heterocycles. The SMILES string of the molecule is CCN(Cc1ccco1)Cc1cc(C(=O)NN)co1. The van der Waals surface area contributed by atoms with Crippen molar-refractivity contribution < 1.29 is 13.6 Å². The molecule has 0 aliphatic carbocycles. The third-order valence-corrected chi connectivity index (χ3v) is 2.83. The Hall–Kier alpha value is -2.05. The summed E-state index contributed by atoms with van der Waals surface area (Å²) in [5.41, 5.74) is 2.49. The van der Waals surface area contributed by atoms with Gasteiger partial charge in [0.2, 0.25) is 0 Å². The standard InChI is InChI=1S/C13H17N3O3/c1-2-16(7-11-4-3-5-18-11)8-12-6-10(9-19-12)13(17)15-14/h3-6,9H,2,7-8,14H2,1H3,(H,15,17). The molecule has 3 N–H and O–H groups in total. The summed E-state index contributed by atoms with van der Waals surface area (Å²) in [6.45, 7) is 4.21. The molecule has 0 radical (unpaired) electrons. The molecule has 0 spiro atoms. The molecule has 0 saturated carbocycles. The van der Waals surface area contributed by atoms with Crippen molar-refractivity contribution in [1.82, 2.24) is 10.3 Å². The van der Waals surface area contributed by atoms with Crippen LogP contribution >= 0.6 is 0 Å². The number of nitrogens with two attached hydrogens (primary N) is 1. The molecule has 2 heterocycles. The second-order valence-electron chi connectivity index (χ2n) is 4.16. The number of furan rings is 2. The maximum Gasteiger partial charge on any atom is 0.268 e. The molecule has 2 aromatic heterocycles. The molecule has 2 aromatic rings. The maximum atomic E-state index is 11.3. The molecule has 0 atom stereocenters. The summed E-state index contributed by atoms with van der Waals surface area (Å²) in [5.74, 6) is 6.32. The first-order valence-electron chi connectivity index (χ1n) is 6.06. The van der Waals surface area contributed by atoms with E-state index in [0.717, 1.165) is 12.3 Å². The topological polar surface area (TPSA) is 84.6 Å². The number of carbonyl (C=O) groups excluding carboxylic acids is 1. The van der Waals surface area contributed by atoms with Gasteiger partial charge in [0.05, 0.1) is 24.9 Å². The van der Waals surface area contributed by atoms with Gasteiger partial charge in [-0.05, 0) is 24.7 Å². The molecular weight excluding hydrogens is 246 g/mol. The summed E-state index contributed by atoms with van der Waals surface area (Å²) in [6, 6.07) is 5.48. The monoisotopic (exact) mass is 263 g/mol. The van der Waals surface area contributed by atoms with E-state index in [1.165, 1.54) is 6.26 Å². The summed E-state index contributed by atoms with van der Waals surface area (Å²) in [4.78, 5) is 13.5. The Morgan fingerprint density at radius 2 is 2.16 bits per heavy atom. The fourth-order valence-corrected chi connectivity index (χ4v) is 1.79. The molecule has 2 rings (SSSR count). The van der Waals surface area contributed by atoms with Gasteiger partial charge in [-0.2, -0.15) is 0 Å². The number of nitrogens with one attached hydrogen (secondary N) is 1. The molecule has 102 valence electrons. The van der Waals surface area contributed by atoms with Gasteiger partial charge in [0, 0.05) is 0 Å². The van der Waals surface area contributed by atoms with E-state index in [0.29, 0.717) is 24.4 Å². The predicted octanol–water partition coefficient (Wildman–Crippen LogP) is 1.50. The van der Waals surface area contributed by atoms with Crippen LogP contribution in [-0.2, 0) is 13.1 Å². The number of nitrogen functional groups attached to an aromatic ring is 1. The fourth-order valence-electron chi connectivity index (χ4n) is 1.79. The van der Waals surface area contributed by atoms with E-state index in [-0.39, 0.29) is 5.91 Å². The van der Waals surface area contributed by atoms with Crippen molar-refractivity contribution in [2.24, 2.45) is 5.84 Å². The molecule has 0 unspecified atom stereocenters. The van der Waals surface area contributed by atoms with Crippen LogP contribution in [0.3, 0.4) is 0 Å². The summed E-state index contributed by atoms with van der Waals surface area (Å²) < 4.78 is 10.7. The number of hydrazine groups is 1. The third kappa shape index (κ3) is 3.46. The number of rotatable bonds is 6. The van der Waals surface area contributed by atoms with E-state index < -0.39 is 0 Å². The van der Waals surface area contributed by atoms with Crippen molar-refractivity contribution >= 4 is 5.91 Å². The fraction of sp³-hybridized carbons (Fsp3) is 0.308. The molecule has 0 fully saturated rings. The lowest BCUT2D eigenvalue weighted by Crippen LogP contribution is -2.29. The van der Waals surface area contributed by atoms with Gasteiger partial charge in [-0.15, -0.1) is 0 Å². The van der Waals surface area contributed by atoms with E-state index in [1.807, 2.05) is 12.1 Å². The predicted molar refractivity (Wildman–Crippen MR) is 68.9 cm³/mol. The lowest BCUT2D eigenvalue weighted by molar-refractivity contribution is 0.0953. The van der Waals surface area contributed by atoms with Crippen LogP contribution in [-0.4, -0.2) is 17.4 Å². The van der Waals surface area contributed by atoms with Crippen molar-refractivity contribution in [3.05, 3.63) is 47.8 Å². The average Bonchev–Trinajstić information content (AvgIpc) is 3.08. The molecule has 0 aliphatic rings. The Morgan fingerprint density at radius 3 is 2.79 bits per heavy atom. The molecule has 19 heavy (non-hydrogen) atoms. The number of hydrogen-bond donors (Lipinski definition) is 2. The Morgan fingerprint density at radius 1 is 1.37 bits per heavy atom. The van der Waals surface area contributed by atoms with Crippen LogP contribution in [0.5, 0.6) is 0 Å². The van der Waals surface area contributed by atoms with E-state index in [2.05, 4.69) is 17.2 Å². The summed E-state index contributed by atoms with van der Waals surface area (Å²) in [5, 5.41) is 0. The highest BCUT2D eigenvalue weighted by atomic mass is 16.3. The third-order valence-electron chi connectivity index (χ3n) is 2.83. The first-order chi connectivity index (χ1) is 9.22. The van der Waals surface area contributed by atoms with Crippen molar-refractivity contribution in [3.8, 4) is 0 Å². The maximum absolute atomic E-state index is 11.3. The Labute approximate surface area is 111 Å². The minimum Gasteiger partial charge on any atom is -0.468 e. The Balaban J connectivity index is 1.98. The number of carbonyl (C=O) groups is 1. The van der Waals surface area contributed by atoms with Gasteiger partial charge < -0.3 is 8.83 Å². The van der Waals surface area contributed by atoms with E-state index in [9.17, 15) is 4.79 Å². The lowest BCUT2D eigenvalue weighted by Gasteiger charge is -2.17. The van der Waals surface area contributed by atoms with E-state index in [4.69, 9.17) is 14.7 Å². The minimum atomic E-state index is -0.357. The van der Waals surface area contributed by atoms with Crippen LogP contribution in [0.15, 0.2) is 39.6 Å². The molecular formula is C13H17N3O3. The van der Waals surface area contributed by atoms with Crippen molar-refractivity contribution in [2.45, 2.75) is 20.0 Å². The van der Waals surface area contributed by atoms with Gasteiger partial charge in [-0.25, -0.2) is 5.84 Å². The van der Waals surface area contributed by atoms with Gasteiger partial charge in [0.25, 0.3) is 5.91 Å². The average molecular weight is 263 g/mol. The highest BCUT2D eigenvalue weighted by Gasteiger charge is 2.12. The summed E-state index contributed by atoms with van der Waals surface area (Å²) in [7, 11) is 0. The van der Waals surface area contributed by atoms with Crippen LogP contribution in [0.4, 0.5) is 0 Å². The highest BCUT2D eigenvalue weighted by Crippen LogP contribution is 2.13. The van der Waals surface area contributed by atoms with Crippen LogP contribution in [0.1, 0.15) is 28.8 Å². The summed E-state index contributed by atoms with van der Waals surface area (Å²) in [6.07, 6.45) is 3.05. The van der Waals surface area contributed by atoms with E-state index >= 15 is 0 Å². The minimum absolute atomic E-state index is 0.357. The molecule has 0 bridgehead atoms. The van der Waals surface area contributed by atoms with Crippen LogP contribution in [0.25, 0.3) is 0 Å². The van der Waals surface area contributed by atoms with Crippen LogP contribution in [0, 0.1) is 0 Å². The van der Waals surface area contributed by atoms with E-state index in [1.54, 1.807) is 12.3 Å². The number of nitrogens with zero attached hydrogens (tertiary/aromatic N) is 1. The zero-order chi connectivity index (χ0) is 13.7. The smallest absolute Gasteiger partial charge is 0.268 e. The van der Waals surface area contributed by atoms with Gasteiger partial charge in [-0.1, -0.05) is 6.92 Å². The molecule has 1 amide bonds. The molecule has 6 nitrogen and oxygen atoms in total. The van der Waals surface area contributed by atoms with Crippen molar-refractivity contribution in [1.29, 1.82) is 0 Å². The highest BCUT2D eigenvalue weighted by molar-refractivity contribution is 5.93. The first-order valence-corrected chi connectivity index (χ1v) is 6.06. The largest absolute Gasteiger partial charge is 0.468 e. The van der Waals surface area contributed by atoms with Crippen LogP contribution < -0.4 is 11.3 Å². The lowest BCUT2D eigenvalue weighted by atomic mass is 10.3. The van der Waals surface area contributed by atoms with Gasteiger partial charge in [0.1, 0.15) is 17.8 Å². The Kier molecular flexibility index (Phi) is 4.38. The number of amides is 1. The normalized spacial score (nSPS) is 10.9. The second-order valence-corrected chi connectivity index (χ2v) is 4.16.